The maximum Gasteiger partial charge on any atom is 0.0950 e. The van der Waals surface area contributed by atoms with Crippen LogP contribution < -0.4 is 5.32 Å². The van der Waals surface area contributed by atoms with Crippen LogP contribution in [0.2, 0.25) is 0 Å². The predicted octanol–water partition coefficient (Wildman–Crippen LogP) is 2.04. The molecule has 0 bridgehead atoms. The van der Waals surface area contributed by atoms with Gasteiger partial charge in [-0.1, -0.05) is 29.8 Å². The fourth-order valence-corrected chi connectivity index (χ4v) is 1.68. The van der Waals surface area contributed by atoms with E-state index in [1.54, 1.807) is 0 Å². The highest BCUT2D eigenvalue weighted by molar-refractivity contribution is 5.23. The van der Waals surface area contributed by atoms with E-state index in [0.29, 0.717) is 6.04 Å². The molecule has 76 valence electrons. The summed E-state index contributed by atoms with van der Waals surface area (Å²) in [5.74, 6) is 0. The van der Waals surface area contributed by atoms with Crippen LogP contribution in [-0.4, -0.2) is 19.2 Å². The molecule has 1 aliphatic heterocycles. The molecule has 2 heteroatoms. The Morgan fingerprint density at radius 3 is 2.57 bits per heavy atom. The molecule has 1 N–H and O–H groups in total. The smallest absolute Gasteiger partial charge is 0.0950 e. The summed E-state index contributed by atoms with van der Waals surface area (Å²) in [5.41, 5.74) is 2.57. The van der Waals surface area contributed by atoms with Crippen molar-refractivity contribution < 1.29 is 4.74 Å². The fourth-order valence-electron chi connectivity index (χ4n) is 1.68. The van der Waals surface area contributed by atoms with E-state index >= 15 is 0 Å². The average Bonchev–Trinajstić information content (AvgIpc) is 2.21. The molecule has 1 aliphatic rings. The van der Waals surface area contributed by atoms with Gasteiger partial charge >= 0.3 is 0 Å². The van der Waals surface area contributed by atoms with Gasteiger partial charge in [-0.25, -0.2) is 0 Å². The Hall–Kier alpha value is -0.860. The van der Waals surface area contributed by atoms with Crippen molar-refractivity contribution in [3.8, 4) is 0 Å². The van der Waals surface area contributed by atoms with E-state index in [2.05, 4.69) is 43.4 Å². The van der Waals surface area contributed by atoms with Crippen molar-refractivity contribution in [1.82, 2.24) is 5.32 Å². The van der Waals surface area contributed by atoms with Gasteiger partial charge in [0.1, 0.15) is 0 Å². The molecule has 0 unspecified atom stereocenters. The standard InChI is InChI=1S/C12H17NO/c1-9-3-5-11(6-4-9)12-7-13-10(2)8-14-12/h3-6,10,12-13H,7-8H2,1-2H3/t10-,12+/m1/s1. The minimum absolute atomic E-state index is 0.229. The molecule has 0 aliphatic carbocycles. The maximum absolute atomic E-state index is 5.75. The summed E-state index contributed by atoms with van der Waals surface area (Å²) in [6.07, 6.45) is 0.229. The second-order valence-electron chi connectivity index (χ2n) is 4.04. The van der Waals surface area contributed by atoms with Gasteiger partial charge in [-0.2, -0.15) is 0 Å². The largest absolute Gasteiger partial charge is 0.371 e. The fraction of sp³-hybridized carbons (Fsp3) is 0.500. The second kappa shape index (κ2) is 4.11. The van der Waals surface area contributed by atoms with E-state index in [1.807, 2.05) is 0 Å². The minimum Gasteiger partial charge on any atom is -0.371 e. The number of hydrogen-bond donors (Lipinski definition) is 1. The topological polar surface area (TPSA) is 21.3 Å². The van der Waals surface area contributed by atoms with Crippen molar-refractivity contribution in [2.24, 2.45) is 0 Å². The number of nitrogens with one attached hydrogen (secondary N) is 1. The average molecular weight is 191 g/mol. The Balaban J connectivity index is 2.05. The van der Waals surface area contributed by atoms with Crippen LogP contribution in [0.5, 0.6) is 0 Å². The van der Waals surface area contributed by atoms with E-state index in [4.69, 9.17) is 4.74 Å². The first-order valence-corrected chi connectivity index (χ1v) is 5.17. The van der Waals surface area contributed by atoms with Crippen molar-refractivity contribution in [2.45, 2.75) is 26.0 Å². The molecule has 1 heterocycles. The molecule has 1 aromatic rings. The number of ether oxygens (including phenoxy) is 1. The van der Waals surface area contributed by atoms with Crippen molar-refractivity contribution in [3.05, 3.63) is 35.4 Å². The van der Waals surface area contributed by atoms with Gasteiger partial charge in [0.05, 0.1) is 12.7 Å². The van der Waals surface area contributed by atoms with Crippen LogP contribution in [0.15, 0.2) is 24.3 Å². The van der Waals surface area contributed by atoms with Crippen LogP contribution in [0.4, 0.5) is 0 Å². The van der Waals surface area contributed by atoms with Crippen molar-refractivity contribution in [3.63, 3.8) is 0 Å². The third-order valence-electron chi connectivity index (χ3n) is 2.65. The lowest BCUT2D eigenvalue weighted by molar-refractivity contribution is 0.00695. The Kier molecular flexibility index (Phi) is 2.85. The molecule has 2 rings (SSSR count). The molecule has 0 radical (unpaired) electrons. The van der Waals surface area contributed by atoms with E-state index in [9.17, 15) is 0 Å². The molecule has 1 saturated heterocycles. The van der Waals surface area contributed by atoms with Crippen LogP contribution in [0.25, 0.3) is 0 Å². The van der Waals surface area contributed by atoms with Crippen molar-refractivity contribution in [1.29, 1.82) is 0 Å². The third kappa shape index (κ3) is 2.14. The van der Waals surface area contributed by atoms with Crippen LogP contribution in [0, 0.1) is 6.92 Å². The Morgan fingerprint density at radius 1 is 1.29 bits per heavy atom. The van der Waals surface area contributed by atoms with Crippen molar-refractivity contribution in [2.75, 3.05) is 13.2 Å². The maximum atomic E-state index is 5.75. The van der Waals surface area contributed by atoms with Gasteiger partial charge in [-0.3, -0.25) is 0 Å². The number of rotatable bonds is 1. The Labute approximate surface area is 85.3 Å². The van der Waals surface area contributed by atoms with Crippen LogP contribution in [0.1, 0.15) is 24.2 Å². The van der Waals surface area contributed by atoms with Gasteiger partial charge in [0.15, 0.2) is 0 Å². The minimum atomic E-state index is 0.229. The zero-order valence-corrected chi connectivity index (χ0v) is 8.79. The molecule has 0 amide bonds. The van der Waals surface area contributed by atoms with Gasteiger partial charge < -0.3 is 10.1 Å². The van der Waals surface area contributed by atoms with E-state index in [0.717, 1.165) is 13.2 Å². The first kappa shape index (κ1) is 9.69. The predicted molar refractivity (Wildman–Crippen MR) is 57.3 cm³/mol. The first-order valence-electron chi connectivity index (χ1n) is 5.17. The Bertz CT molecular complexity index is 286. The van der Waals surface area contributed by atoms with Gasteiger partial charge in [0.2, 0.25) is 0 Å². The highest BCUT2D eigenvalue weighted by atomic mass is 16.5. The van der Waals surface area contributed by atoms with E-state index in [-0.39, 0.29) is 6.10 Å². The number of aryl methyl sites for hydroxylation is 1. The number of benzene rings is 1. The monoisotopic (exact) mass is 191 g/mol. The summed E-state index contributed by atoms with van der Waals surface area (Å²) in [6.45, 7) is 5.97. The molecule has 1 fully saturated rings. The molecule has 0 aromatic heterocycles. The zero-order chi connectivity index (χ0) is 9.97. The van der Waals surface area contributed by atoms with Crippen LogP contribution >= 0.6 is 0 Å². The first-order chi connectivity index (χ1) is 6.75. The van der Waals surface area contributed by atoms with E-state index < -0.39 is 0 Å². The molecule has 0 spiro atoms. The highest BCUT2D eigenvalue weighted by Crippen LogP contribution is 2.20. The second-order valence-corrected chi connectivity index (χ2v) is 4.04. The summed E-state index contributed by atoms with van der Waals surface area (Å²) in [4.78, 5) is 0. The quantitative estimate of drug-likeness (QED) is 0.733. The molecule has 14 heavy (non-hydrogen) atoms. The van der Waals surface area contributed by atoms with Gasteiger partial charge in [0, 0.05) is 12.6 Å². The summed E-state index contributed by atoms with van der Waals surface area (Å²) in [5, 5.41) is 3.42. The lowest BCUT2D eigenvalue weighted by Crippen LogP contribution is -2.40. The van der Waals surface area contributed by atoms with E-state index in [1.165, 1.54) is 11.1 Å². The van der Waals surface area contributed by atoms with Crippen molar-refractivity contribution >= 4 is 0 Å². The summed E-state index contributed by atoms with van der Waals surface area (Å²) in [6, 6.07) is 9.06. The molecule has 2 nitrogen and oxygen atoms in total. The van der Waals surface area contributed by atoms with Gasteiger partial charge in [0.25, 0.3) is 0 Å². The van der Waals surface area contributed by atoms with Gasteiger partial charge in [-0.05, 0) is 19.4 Å². The van der Waals surface area contributed by atoms with Crippen LogP contribution in [0.3, 0.4) is 0 Å². The van der Waals surface area contributed by atoms with Gasteiger partial charge in [-0.15, -0.1) is 0 Å². The molecule has 2 atom stereocenters. The summed E-state index contributed by atoms with van der Waals surface area (Å²) < 4.78 is 5.75. The zero-order valence-electron chi connectivity index (χ0n) is 8.79. The third-order valence-corrected chi connectivity index (χ3v) is 2.65. The lowest BCUT2D eigenvalue weighted by Gasteiger charge is -2.28. The molecular formula is C12H17NO. The summed E-state index contributed by atoms with van der Waals surface area (Å²) in [7, 11) is 0. The Morgan fingerprint density at radius 2 is 2.00 bits per heavy atom. The molecular weight excluding hydrogens is 174 g/mol. The number of hydrogen-bond acceptors (Lipinski definition) is 2. The molecule has 1 aromatic carbocycles. The lowest BCUT2D eigenvalue weighted by atomic mass is 10.1. The highest BCUT2D eigenvalue weighted by Gasteiger charge is 2.18. The normalized spacial score (nSPS) is 27.6. The molecule has 0 saturated carbocycles. The summed E-state index contributed by atoms with van der Waals surface area (Å²) >= 11 is 0. The number of morpholine rings is 1. The van der Waals surface area contributed by atoms with Crippen LogP contribution in [-0.2, 0) is 4.74 Å². The SMILES string of the molecule is Cc1ccc([C@@H]2CN[C@H](C)CO2)cc1.